The predicted octanol–water partition coefficient (Wildman–Crippen LogP) is 2.15. The van der Waals surface area contributed by atoms with Crippen LogP contribution in [0.15, 0.2) is 0 Å². The van der Waals surface area contributed by atoms with Crippen LogP contribution in [-0.4, -0.2) is 29.3 Å². The summed E-state index contributed by atoms with van der Waals surface area (Å²) in [6.45, 7) is 2.54. The van der Waals surface area contributed by atoms with Crippen LogP contribution >= 0.6 is 0 Å². The molecule has 2 rings (SSSR count). The largest absolute Gasteiger partial charge is 0.477 e. The molecule has 0 aromatic carbocycles. The molecular weight excluding hydrogens is 253 g/mol. The molecule has 0 spiro atoms. The molecule has 0 atom stereocenters. The molecule has 1 heterocycles. The average Bonchev–Trinajstić information content (AvgIpc) is 2.48. The molecule has 1 aromatic rings. The number of nitrogens with zero attached hydrogens (tertiary/aromatic N) is 2. The molecule has 0 saturated heterocycles. The van der Waals surface area contributed by atoms with Gasteiger partial charge in [-0.3, -0.25) is 4.68 Å². The highest BCUT2D eigenvalue weighted by atomic mass is 19.3. The summed E-state index contributed by atoms with van der Waals surface area (Å²) in [4.78, 5) is 11.2. The number of alkyl halides is 2. The first-order valence-corrected chi connectivity index (χ1v) is 5.99. The molecule has 0 aliphatic heterocycles. The van der Waals surface area contributed by atoms with Gasteiger partial charge in [0.15, 0.2) is 0 Å². The van der Waals surface area contributed by atoms with E-state index in [0.29, 0.717) is 12.5 Å². The highest BCUT2D eigenvalue weighted by molar-refractivity contribution is 5.87. The van der Waals surface area contributed by atoms with Crippen molar-refractivity contribution in [3.05, 3.63) is 17.0 Å². The molecule has 1 aliphatic rings. The lowest BCUT2D eigenvalue weighted by Gasteiger charge is -2.25. The molecular formula is C12H17BF2N2O2. The van der Waals surface area contributed by atoms with E-state index in [-0.39, 0.29) is 19.7 Å². The molecule has 2 radical (unpaired) electrons. The van der Waals surface area contributed by atoms with Crippen LogP contribution in [0.5, 0.6) is 0 Å². The van der Waals surface area contributed by atoms with Crippen molar-refractivity contribution in [2.45, 2.75) is 45.6 Å². The van der Waals surface area contributed by atoms with Crippen LogP contribution in [0.3, 0.4) is 0 Å². The minimum absolute atomic E-state index is 0. The second kappa shape index (κ2) is 5.31. The van der Waals surface area contributed by atoms with Crippen molar-refractivity contribution in [2.24, 2.45) is 5.92 Å². The Morgan fingerprint density at radius 1 is 1.53 bits per heavy atom. The Morgan fingerprint density at radius 3 is 2.47 bits per heavy atom. The summed E-state index contributed by atoms with van der Waals surface area (Å²) in [7, 11) is 0. The van der Waals surface area contributed by atoms with Crippen molar-refractivity contribution in [2.75, 3.05) is 0 Å². The summed E-state index contributed by atoms with van der Waals surface area (Å²) in [6, 6.07) is 0. The summed E-state index contributed by atoms with van der Waals surface area (Å²) < 4.78 is 27.9. The second-order valence-electron chi connectivity index (χ2n) is 4.99. The molecule has 1 saturated carbocycles. The first-order valence-electron chi connectivity index (χ1n) is 5.99. The zero-order valence-electron chi connectivity index (χ0n) is 11.1. The van der Waals surface area contributed by atoms with E-state index < -0.39 is 17.6 Å². The first kappa shape index (κ1) is 15.7. The van der Waals surface area contributed by atoms with Crippen LogP contribution in [0.1, 0.15) is 47.9 Å². The number of hydrogen-bond acceptors (Lipinski definition) is 2. The smallest absolute Gasteiger partial charge is 0.354 e. The van der Waals surface area contributed by atoms with Crippen molar-refractivity contribution in [3.63, 3.8) is 0 Å². The Labute approximate surface area is 112 Å². The normalized spacial score (nSPS) is 15.8. The van der Waals surface area contributed by atoms with Gasteiger partial charge in [-0.1, -0.05) is 6.42 Å². The first-order chi connectivity index (χ1) is 8.30. The third-order valence-corrected chi connectivity index (χ3v) is 3.46. The average molecular weight is 270 g/mol. The third kappa shape index (κ3) is 2.96. The van der Waals surface area contributed by atoms with Gasteiger partial charge in [0, 0.05) is 27.4 Å². The van der Waals surface area contributed by atoms with Gasteiger partial charge in [0.2, 0.25) is 0 Å². The van der Waals surface area contributed by atoms with Gasteiger partial charge in [0.05, 0.1) is 0 Å². The zero-order valence-corrected chi connectivity index (χ0v) is 11.1. The lowest BCUT2D eigenvalue weighted by molar-refractivity contribution is 0.0112. The van der Waals surface area contributed by atoms with Gasteiger partial charge in [-0.05, 0) is 25.7 Å². The molecule has 0 unspecified atom stereocenters. The van der Waals surface area contributed by atoms with Crippen molar-refractivity contribution in [1.82, 2.24) is 9.78 Å². The Balaban J connectivity index is 0.00000180. The van der Waals surface area contributed by atoms with E-state index in [0.717, 1.165) is 26.2 Å². The van der Waals surface area contributed by atoms with Gasteiger partial charge < -0.3 is 5.11 Å². The lowest BCUT2D eigenvalue weighted by Crippen LogP contribution is -2.22. The number of aromatic nitrogens is 2. The van der Waals surface area contributed by atoms with Crippen LogP contribution in [0, 0.1) is 12.8 Å². The van der Waals surface area contributed by atoms with Gasteiger partial charge in [-0.15, -0.1) is 0 Å². The number of carboxylic acids is 1. The fraction of sp³-hybridized carbons (Fsp3) is 0.667. The molecule has 1 N–H and O–H groups in total. The predicted molar refractivity (Wildman–Crippen MR) is 68.0 cm³/mol. The van der Waals surface area contributed by atoms with E-state index in [2.05, 4.69) is 5.10 Å². The van der Waals surface area contributed by atoms with E-state index in [1.165, 1.54) is 11.6 Å². The van der Waals surface area contributed by atoms with Crippen LogP contribution in [0.2, 0.25) is 0 Å². The Morgan fingerprint density at radius 2 is 2.11 bits per heavy atom. The van der Waals surface area contributed by atoms with E-state index in [1.54, 1.807) is 0 Å². The number of hydrogen-bond donors (Lipinski definition) is 1. The minimum atomic E-state index is -3.11. The summed E-state index contributed by atoms with van der Waals surface area (Å²) in [5, 5.41) is 12.9. The lowest BCUT2D eigenvalue weighted by atomic mass is 9.85. The zero-order chi connectivity index (χ0) is 13.5. The third-order valence-electron chi connectivity index (χ3n) is 3.46. The van der Waals surface area contributed by atoms with Crippen molar-refractivity contribution in [3.8, 4) is 0 Å². The standard InChI is InChI=1S/C12H16F2N2O2.BH/c1-7-9(11(17)18)16(6-8-4-3-5-8)15-10(7)12(2,13)14;/h8H,3-6H2,1-2H3,(H,17,18);1H. The van der Waals surface area contributed by atoms with Gasteiger partial charge in [0.1, 0.15) is 11.4 Å². The van der Waals surface area contributed by atoms with Gasteiger partial charge in [0.25, 0.3) is 5.92 Å². The van der Waals surface area contributed by atoms with Crippen molar-refractivity contribution >= 4 is 14.4 Å². The molecule has 4 nitrogen and oxygen atoms in total. The van der Waals surface area contributed by atoms with Crippen molar-refractivity contribution in [1.29, 1.82) is 0 Å². The Bertz CT molecular complexity index is 479. The summed E-state index contributed by atoms with van der Waals surface area (Å²) in [6.07, 6.45) is 3.13. The fourth-order valence-electron chi connectivity index (χ4n) is 2.29. The quantitative estimate of drug-likeness (QED) is 0.853. The number of rotatable bonds is 4. The molecule has 19 heavy (non-hydrogen) atoms. The van der Waals surface area contributed by atoms with Crippen molar-refractivity contribution < 1.29 is 18.7 Å². The second-order valence-corrected chi connectivity index (χ2v) is 4.99. The fourth-order valence-corrected chi connectivity index (χ4v) is 2.29. The summed E-state index contributed by atoms with van der Waals surface area (Å²) in [5.74, 6) is -3.95. The highest BCUT2D eigenvalue weighted by Gasteiger charge is 2.35. The molecule has 0 bridgehead atoms. The van der Waals surface area contributed by atoms with E-state index in [1.807, 2.05) is 0 Å². The van der Waals surface area contributed by atoms with Crippen LogP contribution < -0.4 is 0 Å². The topological polar surface area (TPSA) is 55.1 Å². The number of aromatic carboxylic acids is 1. The molecule has 7 heteroatoms. The molecule has 0 amide bonds. The number of carboxylic acid groups (broad SMARTS) is 1. The summed E-state index contributed by atoms with van der Waals surface area (Å²) >= 11 is 0. The minimum Gasteiger partial charge on any atom is -0.477 e. The molecule has 1 aliphatic carbocycles. The maximum absolute atomic E-state index is 13.3. The monoisotopic (exact) mass is 270 g/mol. The summed E-state index contributed by atoms with van der Waals surface area (Å²) in [5.41, 5.74) is -0.480. The molecule has 1 aromatic heterocycles. The van der Waals surface area contributed by atoms with Gasteiger partial charge >= 0.3 is 5.97 Å². The SMILES string of the molecule is Cc1c(C(C)(F)F)nn(CC2CCC2)c1C(=O)O.[BH]. The van der Waals surface area contributed by atoms with Crippen LogP contribution in [0.4, 0.5) is 8.78 Å². The van der Waals surface area contributed by atoms with Crippen LogP contribution in [0.25, 0.3) is 0 Å². The van der Waals surface area contributed by atoms with E-state index in [9.17, 15) is 13.6 Å². The maximum Gasteiger partial charge on any atom is 0.354 e. The number of carbonyl (C=O) groups is 1. The molecule has 104 valence electrons. The van der Waals surface area contributed by atoms with Gasteiger partial charge in [-0.25, -0.2) is 4.79 Å². The van der Waals surface area contributed by atoms with E-state index in [4.69, 9.17) is 5.11 Å². The Kier molecular flexibility index (Phi) is 4.37. The Hall–Kier alpha value is -1.40. The highest BCUT2D eigenvalue weighted by Crippen LogP contribution is 2.33. The number of halogens is 2. The van der Waals surface area contributed by atoms with Crippen LogP contribution in [-0.2, 0) is 12.5 Å². The van der Waals surface area contributed by atoms with Gasteiger partial charge in [-0.2, -0.15) is 13.9 Å². The molecule has 1 fully saturated rings. The van der Waals surface area contributed by atoms with E-state index >= 15 is 0 Å². The maximum atomic E-state index is 13.3.